The smallest absolute Gasteiger partial charge is 0.141 e. The minimum Gasteiger partial charge on any atom is -0.382 e. The Morgan fingerprint density at radius 3 is 2.89 bits per heavy atom. The number of nitrogens with two attached hydrogens (primary N) is 1. The zero-order valence-electron chi connectivity index (χ0n) is 9.43. The average Bonchev–Trinajstić information content (AvgIpc) is 2.38. The Hall–Kier alpha value is -1.40. The van der Waals surface area contributed by atoms with Gasteiger partial charge < -0.3 is 5.73 Å². The number of aromatic nitrogens is 2. The van der Waals surface area contributed by atoms with Crippen molar-refractivity contribution in [3.8, 4) is 0 Å². The van der Waals surface area contributed by atoms with E-state index in [0.717, 1.165) is 20.8 Å². The summed E-state index contributed by atoms with van der Waals surface area (Å²) in [4.78, 5) is 8.31. The summed E-state index contributed by atoms with van der Waals surface area (Å²) in [6, 6.07) is 7.58. The quantitative estimate of drug-likeness (QED) is 0.515. The van der Waals surface area contributed by atoms with Gasteiger partial charge in [0.15, 0.2) is 0 Å². The summed E-state index contributed by atoms with van der Waals surface area (Å²) >= 11 is 5.08. The second kappa shape index (κ2) is 5.97. The zero-order valence-corrected chi connectivity index (χ0v) is 11.8. The first kappa shape index (κ1) is 13.0. The number of nitrogens with zero attached hydrogens (tertiary/aromatic N) is 2. The molecule has 0 aliphatic carbocycles. The summed E-state index contributed by atoms with van der Waals surface area (Å²) in [7, 11) is 0. The molecule has 0 radical (unpaired) electrons. The van der Waals surface area contributed by atoms with Gasteiger partial charge in [0, 0.05) is 22.6 Å². The molecule has 2 heterocycles. The third kappa shape index (κ3) is 3.30. The average molecular weight is 323 g/mol. The van der Waals surface area contributed by atoms with Crippen LogP contribution in [0.2, 0.25) is 0 Å². The Labute approximate surface area is 118 Å². The molecular formula is C12H11BrN4S. The lowest BCUT2D eigenvalue weighted by Gasteiger charge is -2.04. The van der Waals surface area contributed by atoms with Crippen molar-refractivity contribution in [3.63, 3.8) is 0 Å². The van der Waals surface area contributed by atoms with Crippen molar-refractivity contribution in [2.45, 2.75) is 10.8 Å². The number of rotatable bonds is 4. The Morgan fingerprint density at radius 2 is 2.17 bits per heavy atom. The van der Waals surface area contributed by atoms with Gasteiger partial charge in [0.25, 0.3) is 0 Å². The van der Waals surface area contributed by atoms with E-state index >= 15 is 0 Å². The molecule has 18 heavy (non-hydrogen) atoms. The summed E-state index contributed by atoms with van der Waals surface area (Å²) in [6.45, 7) is 0. The van der Waals surface area contributed by atoms with Crippen molar-refractivity contribution in [1.82, 2.24) is 9.97 Å². The van der Waals surface area contributed by atoms with Crippen LogP contribution in [-0.2, 0) is 5.75 Å². The van der Waals surface area contributed by atoms with Crippen molar-refractivity contribution in [1.29, 1.82) is 5.41 Å². The van der Waals surface area contributed by atoms with E-state index < -0.39 is 0 Å². The molecule has 0 aliphatic heterocycles. The first-order valence-corrected chi connectivity index (χ1v) is 6.97. The third-order valence-electron chi connectivity index (χ3n) is 2.20. The fourth-order valence-electron chi connectivity index (χ4n) is 1.34. The standard InChI is InChI=1S/C12H11BrN4S/c13-9-2-1-4-17-12(9)18-7-8-3-5-16-10(6-8)11(14)15/h1-6H,7H2,(H3,14,15). The summed E-state index contributed by atoms with van der Waals surface area (Å²) in [5.41, 5.74) is 6.98. The van der Waals surface area contributed by atoms with Crippen LogP contribution in [0.4, 0.5) is 0 Å². The van der Waals surface area contributed by atoms with E-state index in [1.54, 1.807) is 24.2 Å². The van der Waals surface area contributed by atoms with Crippen LogP contribution in [0.1, 0.15) is 11.3 Å². The maximum absolute atomic E-state index is 7.35. The van der Waals surface area contributed by atoms with Crippen LogP contribution in [0.15, 0.2) is 46.2 Å². The second-order valence-electron chi connectivity index (χ2n) is 3.54. The summed E-state index contributed by atoms with van der Waals surface area (Å²) < 4.78 is 0.982. The van der Waals surface area contributed by atoms with Gasteiger partial charge in [-0.05, 0) is 45.8 Å². The molecule has 92 valence electrons. The first-order chi connectivity index (χ1) is 8.66. The predicted octanol–water partition coefficient (Wildman–Crippen LogP) is 2.82. The van der Waals surface area contributed by atoms with Gasteiger partial charge in [0.05, 0.1) is 0 Å². The highest BCUT2D eigenvalue weighted by Crippen LogP contribution is 2.27. The van der Waals surface area contributed by atoms with Crippen molar-refractivity contribution in [2.75, 3.05) is 0 Å². The normalized spacial score (nSPS) is 10.3. The van der Waals surface area contributed by atoms with Crippen molar-refractivity contribution < 1.29 is 0 Å². The number of nitrogens with one attached hydrogen (secondary N) is 1. The van der Waals surface area contributed by atoms with Crippen LogP contribution in [0, 0.1) is 5.41 Å². The predicted molar refractivity (Wildman–Crippen MR) is 76.8 cm³/mol. The van der Waals surface area contributed by atoms with Gasteiger partial charge in [0.1, 0.15) is 16.6 Å². The molecule has 2 aromatic heterocycles. The topological polar surface area (TPSA) is 75.7 Å². The lowest BCUT2D eigenvalue weighted by atomic mass is 10.2. The van der Waals surface area contributed by atoms with Crippen LogP contribution in [0.3, 0.4) is 0 Å². The maximum Gasteiger partial charge on any atom is 0.141 e. The lowest BCUT2D eigenvalue weighted by molar-refractivity contribution is 1.11. The number of hydrogen-bond donors (Lipinski definition) is 2. The molecule has 4 nitrogen and oxygen atoms in total. The van der Waals surface area contributed by atoms with Crippen LogP contribution in [0.5, 0.6) is 0 Å². The SMILES string of the molecule is N=C(N)c1cc(CSc2ncccc2Br)ccn1. The fourth-order valence-corrected chi connectivity index (χ4v) is 2.76. The summed E-state index contributed by atoms with van der Waals surface area (Å²) in [5.74, 6) is 0.749. The first-order valence-electron chi connectivity index (χ1n) is 5.19. The second-order valence-corrected chi connectivity index (χ2v) is 5.36. The van der Waals surface area contributed by atoms with Crippen LogP contribution in [0.25, 0.3) is 0 Å². The van der Waals surface area contributed by atoms with Crippen LogP contribution < -0.4 is 5.73 Å². The molecular weight excluding hydrogens is 312 g/mol. The third-order valence-corrected chi connectivity index (χ3v) is 4.18. The van der Waals surface area contributed by atoms with Gasteiger partial charge in [-0.25, -0.2) is 4.98 Å². The molecule has 0 unspecified atom stereocenters. The van der Waals surface area contributed by atoms with Crippen LogP contribution >= 0.6 is 27.7 Å². The lowest BCUT2D eigenvalue weighted by Crippen LogP contribution is -2.13. The number of thioether (sulfide) groups is 1. The minimum absolute atomic E-state index is 0.0131. The summed E-state index contributed by atoms with van der Waals surface area (Å²) in [6.07, 6.45) is 3.43. The van der Waals surface area contributed by atoms with Crippen molar-refractivity contribution in [2.24, 2.45) is 5.73 Å². The molecule has 0 aliphatic rings. The van der Waals surface area contributed by atoms with Gasteiger partial charge in [-0.1, -0.05) is 0 Å². The zero-order chi connectivity index (χ0) is 13.0. The highest BCUT2D eigenvalue weighted by Gasteiger charge is 2.04. The Kier molecular flexibility index (Phi) is 4.33. The van der Waals surface area contributed by atoms with Gasteiger partial charge in [-0.15, -0.1) is 11.8 Å². The molecule has 2 rings (SSSR count). The molecule has 0 saturated heterocycles. The van der Waals surface area contributed by atoms with E-state index in [4.69, 9.17) is 11.1 Å². The highest BCUT2D eigenvalue weighted by molar-refractivity contribution is 9.10. The number of pyridine rings is 2. The van der Waals surface area contributed by atoms with E-state index in [1.165, 1.54) is 0 Å². The molecule has 2 aromatic rings. The number of nitrogen functional groups attached to an aromatic ring is 1. The van der Waals surface area contributed by atoms with E-state index in [1.807, 2.05) is 24.3 Å². The van der Waals surface area contributed by atoms with E-state index in [0.29, 0.717) is 5.69 Å². The van der Waals surface area contributed by atoms with Crippen LogP contribution in [-0.4, -0.2) is 15.8 Å². The molecule has 0 aromatic carbocycles. The van der Waals surface area contributed by atoms with Gasteiger partial charge >= 0.3 is 0 Å². The Bertz CT molecular complexity index is 574. The van der Waals surface area contributed by atoms with Crippen molar-refractivity contribution in [3.05, 3.63) is 52.4 Å². The fraction of sp³-hybridized carbons (Fsp3) is 0.0833. The Morgan fingerprint density at radius 1 is 1.33 bits per heavy atom. The number of amidine groups is 1. The maximum atomic E-state index is 7.35. The molecule has 0 fully saturated rings. The molecule has 0 saturated carbocycles. The Balaban J connectivity index is 2.09. The van der Waals surface area contributed by atoms with E-state index in [-0.39, 0.29) is 5.84 Å². The highest BCUT2D eigenvalue weighted by atomic mass is 79.9. The number of halogens is 1. The van der Waals surface area contributed by atoms with Gasteiger partial charge in [-0.3, -0.25) is 10.4 Å². The molecule has 0 atom stereocenters. The molecule has 0 amide bonds. The number of hydrogen-bond acceptors (Lipinski definition) is 4. The van der Waals surface area contributed by atoms with Gasteiger partial charge in [0.2, 0.25) is 0 Å². The van der Waals surface area contributed by atoms with E-state index in [9.17, 15) is 0 Å². The van der Waals surface area contributed by atoms with E-state index in [2.05, 4.69) is 25.9 Å². The monoisotopic (exact) mass is 322 g/mol. The minimum atomic E-state index is -0.0131. The molecule has 3 N–H and O–H groups in total. The van der Waals surface area contributed by atoms with Gasteiger partial charge in [-0.2, -0.15) is 0 Å². The molecule has 0 spiro atoms. The molecule has 0 bridgehead atoms. The summed E-state index contributed by atoms with van der Waals surface area (Å²) in [5, 5.41) is 8.29. The van der Waals surface area contributed by atoms with Crippen molar-refractivity contribution >= 4 is 33.5 Å². The molecule has 6 heteroatoms. The largest absolute Gasteiger partial charge is 0.382 e.